The molecule has 2 amide bonds. The lowest BCUT2D eigenvalue weighted by molar-refractivity contribution is -0.307. The van der Waals surface area contributed by atoms with Crippen LogP contribution in [0.15, 0.2) is 30.3 Å². The van der Waals surface area contributed by atoms with Crippen LogP contribution in [0.25, 0.3) is 0 Å². The first kappa shape index (κ1) is 18.5. The average Bonchev–Trinajstić information content (AvgIpc) is 2.51. The van der Waals surface area contributed by atoms with Crippen LogP contribution in [-0.2, 0) is 20.9 Å². The molecule has 0 saturated heterocycles. The molecule has 0 aliphatic rings. The van der Waals surface area contributed by atoms with Crippen LogP contribution in [0.3, 0.4) is 0 Å². The number of aliphatic carboxylic acids is 1. The summed E-state index contributed by atoms with van der Waals surface area (Å²) in [5.74, 6) is -2.24. The van der Waals surface area contributed by atoms with Crippen LogP contribution >= 0.6 is 0 Å². The van der Waals surface area contributed by atoms with E-state index in [1.807, 2.05) is 30.3 Å². The lowest BCUT2D eigenvalue weighted by atomic mass is 10.0. The molecule has 0 aliphatic carbocycles. The molecule has 0 spiro atoms. The maximum absolute atomic E-state index is 12.0. The highest BCUT2D eigenvalue weighted by atomic mass is 16.5. The number of nitrogens with one attached hydrogen (secondary N) is 2. The standard InChI is InChI=1S/C16H22N2O5/c1-10(2)13(14(19)17-11(3)15(20)21)18-16(22)23-9-12-7-5-4-6-8-12/h4-8,10-11,13H,9H2,1-3H3,(H,17,19)(H,18,22)(H,20,21)/p-1/t11-,13-/m0/s1. The summed E-state index contributed by atoms with van der Waals surface area (Å²) in [7, 11) is 0. The Morgan fingerprint density at radius 2 is 1.70 bits per heavy atom. The Labute approximate surface area is 135 Å². The molecule has 7 nitrogen and oxygen atoms in total. The molecule has 126 valence electrons. The monoisotopic (exact) mass is 321 g/mol. The van der Waals surface area contributed by atoms with E-state index in [0.717, 1.165) is 5.56 Å². The number of amides is 2. The van der Waals surface area contributed by atoms with Crippen LogP contribution in [-0.4, -0.2) is 30.1 Å². The first-order valence-corrected chi connectivity index (χ1v) is 7.29. The number of hydrogen-bond donors (Lipinski definition) is 2. The minimum atomic E-state index is -1.40. The fourth-order valence-corrected chi connectivity index (χ4v) is 1.79. The van der Waals surface area contributed by atoms with Crippen molar-refractivity contribution in [1.29, 1.82) is 0 Å². The number of carboxylic acid groups (broad SMARTS) is 1. The number of benzene rings is 1. The number of carbonyl (C=O) groups is 3. The fourth-order valence-electron chi connectivity index (χ4n) is 1.79. The molecule has 7 heteroatoms. The van der Waals surface area contributed by atoms with Crippen molar-refractivity contribution in [2.24, 2.45) is 5.92 Å². The largest absolute Gasteiger partial charge is 0.548 e. The zero-order valence-electron chi connectivity index (χ0n) is 13.4. The number of hydrogen-bond acceptors (Lipinski definition) is 5. The minimum Gasteiger partial charge on any atom is -0.548 e. The van der Waals surface area contributed by atoms with Crippen molar-refractivity contribution in [1.82, 2.24) is 10.6 Å². The van der Waals surface area contributed by atoms with Crippen molar-refractivity contribution in [3.05, 3.63) is 35.9 Å². The Hall–Kier alpha value is -2.57. The molecule has 0 radical (unpaired) electrons. The lowest BCUT2D eigenvalue weighted by Gasteiger charge is -2.24. The molecule has 0 bridgehead atoms. The molecule has 0 saturated carbocycles. The number of carboxylic acids is 1. The van der Waals surface area contributed by atoms with Gasteiger partial charge in [0.1, 0.15) is 12.6 Å². The van der Waals surface area contributed by atoms with E-state index < -0.39 is 30.1 Å². The Morgan fingerprint density at radius 1 is 1.09 bits per heavy atom. The number of ether oxygens (including phenoxy) is 1. The van der Waals surface area contributed by atoms with Gasteiger partial charge in [0.2, 0.25) is 5.91 Å². The Kier molecular flexibility index (Phi) is 7.05. The highest BCUT2D eigenvalue weighted by Crippen LogP contribution is 2.05. The van der Waals surface area contributed by atoms with Crippen LogP contribution in [0.4, 0.5) is 4.79 Å². The quantitative estimate of drug-likeness (QED) is 0.745. The van der Waals surface area contributed by atoms with E-state index in [-0.39, 0.29) is 12.5 Å². The van der Waals surface area contributed by atoms with E-state index in [1.54, 1.807) is 13.8 Å². The molecule has 0 unspecified atom stereocenters. The average molecular weight is 321 g/mol. The van der Waals surface area contributed by atoms with Gasteiger partial charge in [-0.3, -0.25) is 4.79 Å². The van der Waals surface area contributed by atoms with Crippen molar-refractivity contribution < 1.29 is 24.2 Å². The van der Waals surface area contributed by atoms with E-state index in [0.29, 0.717) is 0 Å². The van der Waals surface area contributed by atoms with Gasteiger partial charge in [0.25, 0.3) is 0 Å². The lowest BCUT2D eigenvalue weighted by Crippen LogP contribution is -2.55. The van der Waals surface area contributed by atoms with Crippen LogP contribution in [0, 0.1) is 5.92 Å². The highest BCUT2D eigenvalue weighted by molar-refractivity contribution is 5.88. The van der Waals surface area contributed by atoms with Gasteiger partial charge < -0.3 is 25.3 Å². The first-order chi connectivity index (χ1) is 10.8. The van der Waals surface area contributed by atoms with Crippen molar-refractivity contribution in [2.75, 3.05) is 0 Å². The summed E-state index contributed by atoms with van der Waals surface area (Å²) < 4.78 is 5.05. The van der Waals surface area contributed by atoms with E-state index in [9.17, 15) is 19.5 Å². The zero-order chi connectivity index (χ0) is 17.4. The number of rotatable bonds is 7. The van der Waals surface area contributed by atoms with Gasteiger partial charge in [0.15, 0.2) is 0 Å². The molecule has 1 rings (SSSR count). The van der Waals surface area contributed by atoms with Crippen molar-refractivity contribution in [3.8, 4) is 0 Å². The van der Waals surface area contributed by atoms with Gasteiger partial charge in [-0.1, -0.05) is 44.2 Å². The van der Waals surface area contributed by atoms with Crippen LogP contribution in [0.2, 0.25) is 0 Å². The Morgan fingerprint density at radius 3 is 2.22 bits per heavy atom. The molecular formula is C16H21N2O5-. The first-order valence-electron chi connectivity index (χ1n) is 7.29. The molecule has 2 atom stereocenters. The zero-order valence-corrected chi connectivity index (χ0v) is 13.4. The number of alkyl carbamates (subject to hydrolysis) is 1. The second-order valence-corrected chi connectivity index (χ2v) is 5.48. The van der Waals surface area contributed by atoms with Gasteiger partial charge >= 0.3 is 6.09 Å². The molecule has 0 fully saturated rings. The van der Waals surface area contributed by atoms with Crippen LogP contribution in [0.5, 0.6) is 0 Å². The molecular weight excluding hydrogens is 300 g/mol. The van der Waals surface area contributed by atoms with Crippen molar-refractivity contribution >= 4 is 18.0 Å². The van der Waals surface area contributed by atoms with Gasteiger partial charge in [0, 0.05) is 0 Å². The third-order valence-corrected chi connectivity index (χ3v) is 3.15. The SMILES string of the molecule is CC(C)[C@H](NC(=O)OCc1ccccc1)C(=O)N[C@@H](C)C(=O)[O-]. The highest BCUT2D eigenvalue weighted by Gasteiger charge is 2.26. The molecule has 0 aromatic heterocycles. The summed E-state index contributed by atoms with van der Waals surface area (Å²) in [6.07, 6.45) is -0.746. The van der Waals surface area contributed by atoms with Gasteiger partial charge in [-0.25, -0.2) is 4.79 Å². The minimum absolute atomic E-state index is 0.0779. The predicted octanol–water partition coefficient (Wildman–Crippen LogP) is 0.192. The van der Waals surface area contributed by atoms with E-state index >= 15 is 0 Å². The predicted molar refractivity (Wildman–Crippen MR) is 81.0 cm³/mol. The Bertz CT molecular complexity index is 545. The summed E-state index contributed by atoms with van der Waals surface area (Å²) >= 11 is 0. The van der Waals surface area contributed by atoms with Crippen LogP contribution < -0.4 is 15.7 Å². The topological polar surface area (TPSA) is 108 Å². The second kappa shape index (κ2) is 8.77. The third kappa shape index (κ3) is 6.37. The smallest absolute Gasteiger partial charge is 0.408 e. The van der Waals surface area contributed by atoms with E-state index in [2.05, 4.69) is 10.6 Å². The molecule has 2 N–H and O–H groups in total. The summed E-state index contributed by atoms with van der Waals surface area (Å²) in [4.78, 5) is 34.5. The molecule has 1 aromatic rings. The van der Waals surface area contributed by atoms with Gasteiger partial charge in [0.05, 0.1) is 12.0 Å². The summed E-state index contributed by atoms with van der Waals surface area (Å²) in [6.45, 7) is 4.82. The van der Waals surface area contributed by atoms with Crippen molar-refractivity contribution in [3.63, 3.8) is 0 Å². The fraction of sp³-hybridized carbons (Fsp3) is 0.438. The van der Waals surface area contributed by atoms with Gasteiger partial charge in [-0.05, 0) is 18.4 Å². The van der Waals surface area contributed by atoms with Crippen molar-refractivity contribution in [2.45, 2.75) is 39.5 Å². The van der Waals surface area contributed by atoms with E-state index in [1.165, 1.54) is 6.92 Å². The van der Waals surface area contributed by atoms with E-state index in [4.69, 9.17) is 4.74 Å². The maximum atomic E-state index is 12.0. The second-order valence-electron chi connectivity index (χ2n) is 5.48. The summed E-state index contributed by atoms with van der Waals surface area (Å²) in [6, 6.07) is 7.06. The third-order valence-electron chi connectivity index (χ3n) is 3.15. The summed E-state index contributed by atoms with van der Waals surface area (Å²) in [5, 5.41) is 15.4. The molecule has 23 heavy (non-hydrogen) atoms. The molecule has 0 aliphatic heterocycles. The van der Waals surface area contributed by atoms with Gasteiger partial charge in [-0.2, -0.15) is 0 Å². The van der Waals surface area contributed by atoms with Gasteiger partial charge in [-0.15, -0.1) is 0 Å². The Balaban J connectivity index is 2.56. The molecule has 0 heterocycles. The maximum Gasteiger partial charge on any atom is 0.408 e. The summed E-state index contributed by atoms with van der Waals surface area (Å²) in [5.41, 5.74) is 0.818. The normalized spacial score (nSPS) is 13.0. The molecule has 1 aromatic carbocycles. The number of carbonyl (C=O) groups excluding carboxylic acids is 3. The van der Waals surface area contributed by atoms with Crippen LogP contribution in [0.1, 0.15) is 26.3 Å².